The van der Waals surface area contributed by atoms with Crippen LogP contribution >= 0.6 is 0 Å². The zero-order valence-corrected chi connectivity index (χ0v) is 46.0. The largest absolute Gasteiger partial charge is 0.455 e. The molecule has 0 saturated heterocycles. The number of anilines is 6. The SMILES string of the molecule is c1ccc(-c2ccccc2N(c2cc3c(oc4ccc5c(N(c6ccccc6-c6ccccc6)c6cccc7c6oc6c(-c8ccccc8)cccc67)cccc5c43)c3ccccc23)c2cccc3c2oc2c(-c4ccccc4)cccc23)cc1. The van der Waals surface area contributed by atoms with Gasteiger partial charge in [-0.15, -0.1) is 0 Å². The topological polar surface area (TPSA) is 45.9 Å². The Labute approximate surface area is 489 Å². The summed E-state index contributed by atoms with van der Waals surface area (Å²) in [6, 6.07) is 108. The molecule has 0 spiro atoms. The lowest BCUT2D eigenvalue weighted by Gasteiger charge is -2.29. The van der Waals surface area contributed by atoms with Crippen molar-refractivity contribution in [1.29, 1.82) is 0 Å². The lowest BCUT2D eigenvalue weighted by atomic mass is 9.96. The summed E-state index contributed by atoms with van der Waals surface area (Å²) in [5.74, 6) is 0. The summed E-state index contributed by atoms with van der Waals surface area (Å²) < 4.78 is 21.7. The molecule has 0 aliphatic rings. The molecule has 14 aromatic carbocycles. The molecule has 0 bridgehead atoms. The summed E-state index contributed by atoms with van der Waals surface area (Å²) in [7, 11) is 0. The molecule has 3 heterocycles. The summed E-state index contributed by atoms with van der Waals surface area (Å²) in [6.45, 7) is 0. The summed E-state index contributed by atoms with van der Waals surface area (Å²) in [4.78, 5) is 4.83. The molecule has 17 aromatic rings. The van der Waals surface area contributed by atoms with E-state index in [1.807, 2.05) is 0 Å². The Hall–Kier alpha value is -11.4. The predicted molar refractivity (Wildman–Crippen MR) is 354 cm³/mol. The molecule has 0 amide bonds. The van der Waals surface area contributed by atoms with Gasteiger partial charge >= 0.3 is 0 Å². The molecule has 398 valence electrons. The quantitative estimate of drug-likeness (QED) is 0.137. The van der Waals surface area contributed by atoms with Crippen molar-refractivity contribution in [2.75, 3.05) is 9.80 Å². The highest BCUT2D eigenvalue weighted by Gasteiger charge is 2.29. The van der Waals surface area contributed by atoms with E-state index in [2.05, 4.69) is 313 Å². The molecule has 0 radical (unpaired) electrons. The van der Waals surface area contributed by atoms with Crippen molar-refractivity contribution in [3.05, 3.63) is 303 Å². The van der Waals surface area contributed by atoms with E-state index in [-0.39, 0.29) is 0 Å². The van der Waals surface area contributed by atoms with Gasteiger partial charge in [-0.25, -0.2) is 0 Å². The zero-order valence-electron chi connectivity index (χ0n) is 46.0. The highest BCUT2D eigenvalue weighted by Crippen LogP contribution is 2.53. The van der Waals surface area contributed by atoms with E-state index in [1.54, 1.807) is 0 Å². The maximum absolute atomic E-state index is 7.29. The number of hydrogen-bond donors (Lipinski definition) is 0. The van der Waals surface area contributed by atoms with Crippen LogP contribution in [-0.2, 0) is 0 Å². The third-order valence-electron chi connectivity index (χ3n) is 17.1. The number of benzene rings is 14. The second kappa shape index (κ2) is 19.7. The average molecular weight is 1090 g/mol. The van der Waals surface area contributed by atoms with Gasteiger partial charge in [0.1, 0.15) is 22.3 Å². The minimum atomic E-state index is 0.798. The molecular formula is C80H50N2O3. The van der Waals surface area contributed by atoms with E-state index >= 15 is 0 Å². The van der Waals surface area contributed by atoms with E-state index in [9.17, 15) is 0 Å². The molecule has 3 aromatic heterocycles. The van der Waals surface area contributed by atoms with E-state index in [0.29, 0.717) is 0 Å². The molecule has 17 rings (SSSR count). The Morgan fingerprint density at radius 2 is 0.529 bits per heavy atom. The monoisotopic (exact) mass is 1090 g/mol. The van der Waals surface area contributed by atoms with Gasteiger partial charge in [-0.05, 0) is 76.2 Å². The molecule has 0 N–H and O–H groups in total. The van der Waals surface area contributed by atoms with Crippen LogP contribution in [0.25, 0.3) is 132 Å². The summed E-state index contributed by atoms with van der Waals surface area (Å²) in [5.41, 5.74) is 19.5. The average Bonchev–Trinajstić information content (AvgIpc) is 1.99. The van der Waals surface area contributed by atoms with Crippen LogP contribution in [0.15, 0.2) is 317 Å². The van der Waals surface area contributed by atoms with Crippen molar-refractivity contribution in [3.8, 4) is 44.5 Å². The predicted octanol–water partition coefficient (Wildman–Crippen LogP) is 23.3. The van der Waals surface area contributed by atoms with Crippen molar-refractivity contribution >= 4 is 121 Å². The van der Waals surface area contributed by atoms with E-state index in [0.717, 1.165) is 166 Å². The summed E-state index contributed by atoms with van der Waals surface area (Å²) in [6.07, 6.45) is 0. The van der Waals surface area contributed by atoms with Crippen LogP contribution < -0.4 is 9.80 Å². The van der Waals surface area contributed by atoms with Gasteiger partial charge in [-0.3, -0.25) is 0 Å². The van der Waals surface area contributed by atoms with Gasteiger partial charge in [0.2, 0.25) is 0 Å². The Bertz CT molecular complexity index is 5430. The van der Waals surface area contributed by atoms with Gasteiger partial charge in [-0.1, -0.05) is 255 Å². The van der Waals surface area contributed by atoms with Crippen molar-refractivity contribution in [1.82, 2.24) is 0 Å². The lowest BCUT2D eigenvalue weighted by molar-refractivity contribution is 0.670. The van der Waals surface area contributed by atoms with Gasteiger partial charge in [-0.2, -0.15) is 0 Å². The fourth-order valence-corrected chi connectivity index (χ4v) is 13.3. The van der Waals surface area contributed by atoms with Crippen LogP contribution in [-0.4, -0.2) is 0 Å². The number of furan rings is 3. The van der Waals surface area contributed by atoms with Gasteiger partial charge < -0.3 is 23.1 Å². The fraction of sp³-hybridized carbons (Fsp3) is 0. The van der Waals surface area contributed by atoms with Gasteiger partial charge in [0.05, 0.1) is 34.1 Å². The van der Waals surface area contributed by atoms with E-state index < -0.39 is 0 Å². The minimum Gasteiger partial charge on any atom is -0.455 e. The fourth-order valence-electron chi connectivity index (χ4n) is 13.3. The third kappa shape index (κ3) is 7.71. The first-order valence-electron chi connectivity index (χ1n) is 28.9. The number of nitrogens with zero attached hydrogens (tertiary/aromatic N) is 2. The smallest absolute Gasteiger partial charge is 0.159 e. The van der Waals surface area contributed by atoms with Gasteiger partial charge in [0.25, 0.3) is 0 Å². The molecule has 0 unspecified atom stereocenters. The molecular weight excluding hydrogens is 1040 g/mol. The highest BCUT2D eigenvalue weighted by atomic mass is 16.3. The second-order valence-corrected chi connectivity index (χ2v) is 21.8. The van der Waals surface area contributed by atoms with Crippen LogP contribution in [0.3, 0.4) is 0 Å². The standard InChI is InChI=1S/C80H50N2O3/c1-5-24-51(25-6-1)55-32-15-17-43-68(55)81(71-46-22-41-65-63-39-19-36-57(76(63)84-79(65)71)53-28-9-3-10-29-53)70-45-21-38-61-60(70)48-49-74-75(61)67-50-73(59-34-13-14-35-62(59)78(67)83-74)82(69-44-18-16-33-56(69)52-26-7-2-8-27-52)72-47-23-42-66-64-40-20-37-58(77(64)85-80(66)72)54-30-11-4-12-31-54/h1-50H. The van der Waals surface area contributed by atoms with Crippen LogP contribution in [0, 0.1) is 0 Å². The highest BCUT2D eigenvalue weighted by molar-refractivity contribution is 6.28. The summed E-state index contributed by atoms with van der Waals surface area (Å²) in [5, 5.41) is 10.4. The summed E-state index contributed by atoms with van der Waals surface area (Å²) >= 11 is 0. The van der Waals surface area contributed by atoms with Crippen LogP contribution in [0.5, 0.6) is 0 Å². The van der Waals surface area contributed by atoms with Crippen molar-refractivity contribution in [2.45, 2.75) is 0 Å². The normalized spacial score (nSPS) is 11.8. The second-order valence-electron chi connectivity index (χ2n) is 21.8. The lowest BCUT2D eigenvalue weighted by Crippen LogP contribution is -2.12. The van der Waals surface area contributed by atoms with Crippen LogP contribution in [0.1, 0.15) is 0 Å². The molecule has 0 saturated carbocycles. The molecule has 0 fully saturated rings. The number of para-hydroxylation sites is 6. The number of rotatable bonds is 10. The van der Waals surface area contributed by atoms with Crippen molar-refractivity contribution in [2.24, 2.45) is 0 Å². The maximum atomic E-state index is 7.29. The molecule has 0 aliphatic heterocycles. The molecule has 0 atom stereocenters. The first-order valence-corrected chi connectivity index (χ1v) is 28.9. The molecule has 5 heteroatoms. The molecule has 5 nitrogen and oxygen atoms in total. The maximum Gasteiger partial charge on any atom is 0.159 e. The molecule has 0 aliphatic carbocycles. The van der Waals surface area contributed by atoms with E-state index in [1.165, 1.54) is 0 Å². The number of hydrogen-bond acceptors (Lipinski definition) is 5. The number of fused-ring (bicyclic) bond motifs is 13. The Balaban J connectivity index is 0.942. The van der Waals surface area contributed by atoms with E-state index in [4.69, 9.17) is 13.3 Å². The minimum absolute atomic E-state index is 0.798. The first-order chi connectivity index (χ1) is 42.2. The van der Waals surface area contributed by atoms with Crippen molar-refractivity contribution < 1.29 is 13.3 Å². The zero-order chi connectivity index (χ0) is 56.0. The van der Waals surface area contributed by atoms with Crippen molar-refractivity contribution in [3.63, 3.8) is 0 Å². The Morgan fingerprint density at radius 1 is 0.188 bits per heavy atom. The van der Waals surface area contributed by atoms with Crippen LogP contribution in [0.2, 0.25) is 0 Å². The third-order valence-corrected chi connectivity index (χ3v) is 17.1. The Morgan fingerprint density at radius 3 is 1.05 bits per heavy atom. The van der Waals surface area contributed by atoms with Crippen LogP contribution in [0.4, 0.5) is 34.1 Å². The van der Waals surface area contributed by atoms with Gasteiger partial charge in [0, 0.05) is 70.7 Å². The first kappa shape index (κ1) is 48.3. The van der Waals surface area contributed by atoms with Gasteiger partial charge in [0.15, 0.2) is 11.2 Å². The molecule has 85 heavy (non-hydrogen) atoms. The Kier molecular flexibility index (Phi) is 11.2.